The summed E-state index contributed by atoms with van der Waals surface area (Å²) in [6.45, 7) is 2.29. The third kappa shape index (κ3) is 19.1. The topological polar surface area (TPSA) is 214 Å². The van der Waals surface area contributed by atoms with E-state index in [2.05, 4.69) is 10.3 Å². The Labute approximate surface area is 173 Å². The second-order valence-electron chi connectivity index (χ2n) is 4.18. The number of hydrogen-bond acceptors (Lipinski definition) is 8. The van der Waals surface area contributed by atoms with Crippen molar-refractivity contribution >= 4 is 59.4 Å². The van der Waals surface area contributed by atoms with Gasteiger partial charge in [0.25, 0.3) is 0 Å². The summed E-state index contributed by atoms with van der Waals surface area (Å²) in [4.78, 5) is 56.7. The number of aliphatic carboxylic acids is 4. The Morgan fingerprint density at radius 1 is 0.846 bits per heavy atom. The quantitative estimate of drug-likeness (QED) is 0.123. The zero-order chi connectivity index (χ0) is 20.0. The minimum atomic E-state index is -2.73. The Balaban J connectivity index is -0.000000498. The van der Waals surface area contributed by atoms with E-state index in [1.54, 1.807) is 0 Å². The Hall–Kier alpha value is -1.21. The summed E-state index contributed by atoms with van der Waals surface area (Å²) in [6.07, 6.45) is 0. The van der Waals surface area contributed by atoms with Crippen LogP contribution in [-0.4, -0.2) is 92.9 Å². The third-order valence-corrected chi connectivity index (χ3v) is 5.70. The van der Waals surface area contributed by atoms with E-state index in [1.807, 2.05) is 0 Å². The summed E-state index contributed by atoms with van der Waals surface area (Å²) in [7, 11) is 0. The standard InChI is InChI=1S/C4H10N2O2.4C2H3O2.Cu.Na.H/c1-4(7)8-6-3-2-5;4*1-2(3)4;;;/h6H,2-3,5H2,1H3;4*1H2,(H,3,4);;;. The van der Waals surface area contributed by atoms with E-state index in [-0.39, 0.29) is 35.5 Å². The van der Waals surface area contributed by atoms with Gasteiger partial charge in [-0.15, -0.1) is 0 Å². The van der Waals surface area contributed by atoms with Gasteiger partial charge >= 0.3 is 133 Å². The molecule has 0 aromatic carbocycles. The Morgan fingerprint density at radius 3 is 1.35 bits per heavy atom. The molecule has 7 N–H and O–H groups in total. The first-order valence-corrected chi connectivity index (χ1v) is 9.02. The first kappa shape index (κ1) is 29.5. The fourth-order valence-corrected chi connectivity index (χ4v) is 4.33. The summed E-state index contributed by atoms with van der Waals surface area (Å²) in [5, 5.41) is 31.5. The monoisotopic (exact) mass is 441 g/mol. The molecule has 14 heteroatoms. The van der Waals surface area contributed by atoms with Gasteiger partial charge in [0.2, 0.25) is 0 Å². The molecule has 0 aliphatic rings. The van der Waals surface area contributed by atoms with Gasteiger partial charge in [-0.25, -0.2) is 0 Å². The molecule has 0 amide bonds. The number of carboxylic acids is 4. The van der Waals surface area contributed by atoms with Crippen molar-refractivity contribution in [2.75, 3.05) is 13.1 Å². The molecule has 0 aromatic rings. The van der Waals surface area contributed by atoms with Gasteiger partial charge in [0, 0.05) is 20.0 Å². The van der Waals surface area contributed by atoms with Gasteiger partial charge in [-0.3, -0.25) is 4.79 Å². The number of nitrogens with two attached hydrogens (primary N) is 1. The van der Waals surface area contributed by atoms with Crippen LogP contribution in [0.3, 0.4) is 0 Å². The summed E-state index contributed by atoms with van der Waals surface area (Å²) in [5.41, 5.74) is 7.42. The molecule has 0 atom stereocenters. The number of hydrogen-bond donors (Lipinski definition) is 6. The summed E-state index contributed by atoms with van der Waals surface area (Å²) in [5.74, 6) is -5.96. The predicted octanol–water partition coefficient (Wildman–Crippen LogP) is -1.48. The molecule has 153 valence electrons. The predicted molar refractivity (Wildman–Crippen MR) is 85.7 cm³/mol. The fourth-order valence-electron chi connectivity index (χ4n) is 1.21. The van der Waals surface area contributed by atoms with Crippen LogP contribution in [0.15, 0.2) is 0 Å². The summed E-state index contributed by atoms with van der Waals surface area (Å²) in [6, 6.07) is 0. The molecule has 0 aliphatic carbocycles. The molecule has 0 rings (SSSR count). The molecule has 26 heavy (non-hydrogen) atoms. The van der Waals surface area contributed by atoms with Gasteiger partial charge < -0.3 is 10.6 Å². The van der Waals surface area contributed by atoms with Crippen LogP contribution >= 0.6 is 0 Å². The van der Waals surface area contributed by atoms with Gasteiger partial charge in [0.1, 0.15) is 0 Å². The first-order chi connectivity index (χ1) is 11.4. The van der Waals surface area contributed by atoms with Crippen molar-refractivity contribution in [3.05, 3.63) is 0 Å². The second kappa shape index (κ2) is 16.0. The van der Waals surface area contributed by atoms with Gasteiger partial charge in [-0.1, -0.05) is 0 Å². The summed E-state index contributed by atoms with van der Waals surface area (Å²) < 4.78 is 0. The second-order valence-corrected chi connectivity index (χ2v) is 8.34. The van der Waals surface area contributed by atoms with E-state index in [9.17, 15) is 24.0 Å². The molecule has 0 saturated carbocycles. The van der Waals surface area contributed by atoms with Crippen molar-refractivity contribution in [3.63, 3.8) is 0 Å². The minimum absolute atomic E-state index is 0. The zero-order valence-electron chi connectivity index (χ0n) is 13.4. The van der Waals surface area contributed by atoms with Crippen molar-refractivity contribution in [1.29, 1.82) is 0 Å². The molecule has 0 aliphatic heterocycles. The number of nitrogens with one attached hydrogen (secondary N) is 1. The van der Waals surface area contributed by atoms with Crippen molar-refractivity contribution in [2.45, 2.75) is 28.2 Å². The molecule has 0 radical (unpaired) electrons. The number of carboxylic acid groups (broad SMARTS) is 4. The molecule has 0 bridgehead atoms. The number of hydroxylamine groups is 1. The van der Waals surface area contributed by atoms with E-state index < -0.39 is 58.0 Å². The van der Waals surface area contributed by atoms with Crippen LogP contribution in [0.4, 0.5) is 0 Å². The SMILES string of the molecule is CC(=O)ONCCN.O=C(O)[CH2][Cu]([CH2]C(=O)O)([CH2]C(=O)O)[CH2]C(=O)O.[NaH]. The van der Waals surface area contributed by atoms with E-state index in [1.165, 1.54) is 6.92 Å². The number of carbonyl (C=O) groups is 5. The maximum atomic E-state index is 10.6. The molecule has 0 spiro atoms. The van der Waals surface area contributed by atoms with Crippen LogP contribution < -0.4 is 11.2 Å². The molecule has 0 unspecified atom stereocenters. The van der Waals surface area contributed by atoms with Crippen LogP contribution in [0.25, 0.3) is 0 Å². The third-order valence-electron chi connectivity index (χ3n) is 1.73. The molecule has 0 aromatic heterocycles. The Bertz CT molecular complexity index is 433. The maximum absolute atomic E-state index is 10.6. The van der Waals surface area contributed by atoms with Crippen molar-refractivity contribution in [1.82, 2.24) is 5.48 Å². The van der Waals surface area contributed by atoms with E-state index >= 15 is 0 Å². The normalized spacial score (nSPS) is 10.4. The Morgan fingerprint density at radius 2 is 1.15 bits per heavy atom. The average molecular weight is 442 g/mol. The molecule has 12 nitrogen and oxygen atoms in total. The van der Waals surface area contributed by atoms with Crippen LogP contribution in [0.5, 0.6) is 0 Å². The van der Waals surface area contributed by atoms with E-state index in [0.717, 1.165) is 0 Å². The molecule has 0 fully saturated rings. The van der Waals surface area contributed by atoms with Crippen molar-refractivity contribution in [2.24, 2.45) is 5.73 Å². The van der Waals surface area contributed by atoms with Crippen LogP contribution in [0, 0.1) is 0 Å². The van der Waals surface area contributed by atoms with Crippen LogP contribution in [-0.2, 0) is 41.7 Å². The molecule has 0 heterocycles. The van der Waals surface area contributed by atoms with Crippen LogP contribution in [0.1, 0.15) is 6.92 Å². The van der Waals surface area contributed by atoms with E-state index in [4.69, 9.17) is 26.2 Å². The molecule has 0 saturated heterocycles. The van der Waals surface area contributed by atoms with Gasteiger partial charge in [-0.05, 0) is 0 Å². The number of carbonyl (C=O) groups excluding carboxylic acids is 1. The zero-order valence-corrected chi connectivity index (χ0v) is 14.3. The fraction of sp³-hybridized carbons (Fsp3) is 0.583. The van der Waals surface area contributed by atoms with Crippen LogP contribution in [0.2, 0.25) is 21.3 Å². The van der Waals surface area contributed by atoms with Crippen molar-refractivity contribution < 1.29 is 62.1 Å². The Kier molecular flexibility index (Phi) is 18.2. The first-order valence-electron chi connectivity index (χ1n) is 6.35. The van der Waals surface area contributed by atoms with Crippen molar-refractivity contribution in [3.8, 4) is 0 Å². The van der Waals surface area contributed by atoms with Gasteiger partial charge in [-0.2, -0.15) is 5.48 Å². The van der Waals surface area contributed by atoms with Gasteiger partial charge in [0.05, 0.1) is 0 Å². The van der Waals surface area contributed by atoms with Gasteiger partial charge in [0.15, 0.2) is 0 Å². The molecular weight excluding hydrogens is 419 g/mol. The number of rotatable bonds is 11. The average Bonchev–Trinajstić information content (AvgIpc) is 2.34. The van der Waals surface area contributed by atoms with E-state index in [0.29, 0.717) is 13.1 Å². The molecular formula is C12H23CuN2NaO10. The summed E-state index contributed by atoms with van der Waals surface area (Å²) >= 11 is -2.73.